The fraction of sp³-hybridized carbons (Fsp3) is 0.174. The number of hydrogen-bond acceptors (Lipinski definition) is 4. The first kappa shape index (κ1) is 22.7. The molecule has 0 unspecified atom stereocenters. The summed E-state index contributed by atoms with van der Waals surface area (Å²) in [5, 5.41) is 6.25. The molecule has 0 atom stereocenters. The molecule has 0 bridgehead atoms. The van der Waals surface area contributed by atoms with Crippen molar-refractivity contribution in [2.24, 2.45) is 0 Å². The Morgan fingerprint density at radius 1 is 1.03 bits per heavy atom. The molecular formula is C23H21Cl2FN2O3. The maximum Gasteiger partial charge on any atom is 0.262 e. The number of halogens is 3. The van der Waals surface area contributed by atoms with Crippen LogP contribution >= 0.6 is 23.2 Å². The Hall–Kier alpha value is -2.96. The van der Waals surface area contributed by atoms with Gasteiger partial charge >= 0.3 is 0 Å². The maximum atomic E-state index is 13.3. The summed E-state index contributed by atoms with van der Waals surface area (Å²) in [5.74, 6) is -0.130. The quantitative estimate of drug-likeness (QED) is 0.425. The average molecular weight is 463 g/mol. The molecule has 3 aromatic carbocycles. The molecule has 0 fully saturated rings. The van der Waals surface area contributed by atoms with Crippen LogP contribution in [0.25, 0.3) is 0 Å². The van der Waals surface area contributed by atoms with Gasteiger partial charge in [0.25, 0.3) is 5.91 Å². The molecule has 3 rings (SSSR count). The van der Waals surface area contributed by atoms with Gasteiger partial charge in [-0.3, -0.25) is 4.79 Å². The maximum absolute atomic E-state index is 13.3. The summed E-state index contributed by atoms with van der Waals surface area (Å²) in [5.41, 5.74) is 3.19. The van der Waals surface area contributed by atoms with Crippen LogP contribution in [0.15, 0.2) is 54.6 Å². The smallest absolute Gasteiger partial charge is 0.262 e. The van der Waals surface area contributed by atoms with E-state index in [0.717, 1.165) is 11.1 Å². The number of methoxy groups -OCH3 is 1. The fourth-order valence-electron chi connectivity index (χ4n) is 2.88. The Labute approximate surface area is 190 Å². The van der Waals surface area contributed by atoms with Crippen molar-refractivity contribution in [2.75, 3.05) is 24.4 Å². The predicted molar refractivity (Wildman–Crippen MR) is 122 cm³/mol. The number of carbonyl (C=O) groups excluding carboxylic acids is 1. The normalized spacial score (nSPS) is 10.5. The van der Waals surface area contributed by atoms with Gasteiger partial charge in [0.2, 0.25) is 0 Å². The van der Waals surface area contributed by atoms with Gasteiger partial charge in [-0.15, -0.1) is 0 Å². The van der Waals surface area contributed by atoms with Gasteiger partial charge in [-0.2, -0.15) is 0 Å². The molecule has 162 valence electrons. The van der Waals surface area contributed by atoms with Crippen molar-refractivity contribution in [3.05, 3.63) is 81.6 Å². The van der Waals surface area contributed by atoms with Crippen LogP contribution in [0.1, 0.15) is 11.1 Å². The van der Waals surface area contributed by atoms with E-state index in [2.05, 4.69) is 10.6 Å². The largest absolute Gasteiger partial charge is 0.493 e. The molecule has 0 radical (unpaired) electrons. The van der Waals surface area contributed by atoms with E-state index in [9.17, 15) is 9.18 Å². The second-order valence-corrected chi connectivity index (χ2v) is 7.61. The van der Waals surface area contributed by atoms with Crippen molar-refractivity contribution in [3.8, 4) is 11.5 Å². The van der Waals surface area contributed by atoms with E-state index in [1.807, 2.05) is 25.1 Å². The lowest BCUT2D eigenvalue weighted by atomic mass is 10.2. The molecule has 3 aromatic rings. The third-order valence-corrected chi connectivity index (χ3v) is 4.93. The molecule has 8 heteroatoms. The Kier molecular flexibility index (Phi) is 7.60. The van der Waals surface area contributed by atoms with Gasteiger partial charge in [0.05, 0.1) is 17.2 Å². The van der Waals surface area contributed by atoms with Gasteiger partial charge in [-0.05, 0) is 60.5 Å². The van der Waals surface area contributed by atoms with Crippen LogP contribution < -0.4 is 20.1 Å². The molecule has 0 saturated heterocycles. The van der Waals surface area contributed by atoms with E-state index < -0.39 is 5.82 Å². The molecule has 0 heterocycles. The first-order valence-electron chi connectivity index (χ1n) is 9.40. The molecule has 0 spiro atoms. The molecule has 1 amide bonds. The van der Waals surface area contributed by atoms with E-state index in [4.69, 9.17) is 32.7 Å². The molecule has 2 N–H and O–H groups in total. The minimum absolute atomic E-state index is 0.0355. The minimum Gasteiger partial charge on any atom is -0.493 e. The summed E-state index contributed by atoms with van der Waals surface area (Å²) in [6.45, 7) is 2.11. The van der Waals surface area contributed by atoms with Crippen molar-refractivity contribution in [1.29, 1.82) is 0 Å². The zero-order valence-electron chi connectivity index (χ0n) is 17.0. The van der Waals surface area contributed by atoms with Crippen molar-refractivity contribution < 1.29 is 18.7 Å². The number of anilines is 2. The Morgan fingerprint density at radius 2 is 1.84 bits per heavy atom. The summed E-state index contributed by atoms with van der Waals surface area (Å²) < 4.78 is 24.3. The minimum atomic E-state index is -0.482. The zero-order valence-corrected chi connectivity index (χ0v) is 18.5. The van der Waals surface area contributed by atoms with E-state index in [-0.39, 0.29) is 23.3 Å². The first-order valence-corrected chi connectivity index (χ1v) is 10.2. The Bertz CT molecular complexity index is 1090. The number of aryl methyl sites for hydroxylation is 1. The highest BCUT2D eigenvalue weighted by atomic mass is 35.5. The number of nitrogens with one attached hydrogen (secondary N) is 2. The average Bonchev–Trinajstić information content (AvgIpc) is 2.73. The summed E-state index contributed by atoms with van der Waals surface area (Å²) in [6, 6.07) is 15.3. The van der Waals surface area contributed by atoms with Crippen LogP contribution in [0.4, 0.5) is 15.8 Å². The lowest BCUT2D eigenvalue weighted by molar-refractivity contribution is -0.118. The summed E-state index contributed by atoms with van der Waals surface area (Å²) >= 11 is 12.2. The van der Waals surface area contributed by atoms with Gasteiger partial charge in [0.1, 0.15) is 5.82 Å². The molecule has 0 aliphatic rings. The topological polar surface area (TPSA) is 59.6 Å². The second kappa shape index (κ2) is 10.4. The number of hydrogen-bond donors (Lipinski definition) is 2. The van der Waals surface area contributed by atoms with Gasteiger partial charge < -0.3 is 20.1 Å². The van der Waals surface area contributed by atoms with Crippen molar-refractivity contribution >= 4 is 40.5 Å². The lowest BCUT2D eigenvalue weighted by Gasteiger charge is -2.15. The van der Waals surface area contributed by atoms with Gasteiger partial charge in [-0.25, -0.2) is 4.39 Å². The van der Waals surface area contributed by atoms with Crippen molar-refractivity contribution in [1.82, 2.24) is 0 Å². The molecule has 0 aromatic heterocycles. The predicted octanol–water partition coefficient (Wildman–Crippen LogP) is 6.08. The number of carbonyl (C=O) groups is 1. The lowest BCUT2D eigenvalue weighted by Crippen LogP contribution is -2.20. The SMILES string of the molecule is COc1cc(CNc2ccc(F)c(Cl)c2)cc(Cl)c1OCC(=O)Nc1cccc(C)c1. The molecule has 0 aliphatic heterocycles. The van der Waals surface area contributed by atoms with E-state index in [1.165, 1.54) is 19.2 Å². The van der Waals surface area contributed by atoms with Gasteiger partial charge in [0, 0.05) is 17.9 Å². The van der Waals surface area contributed by atoms with Crippen molar-refractivity contribution in [2.45, 2.75) is 13.5 Å². The third kappa shape index (κ3) is 6.26. The highest BCUT2D eigenvalue weighted by Gasteiger charge is 2.14. The van der Waals surface area contributed by atoms with E-state index in [1.54, 1.807) is 24.3 Å². The molecule has 0 saturated carbocycles. The summed E-state index contributed by atoms with van der Waals surface area (Å²) in [4.78, 5) is 12.2. The van der Waals surface area contributed by atoms with Crippen LogP contribution in [0.2, 0.25) is 10.0 Å². The summed E-state index contributed by atoms with van der Waals surface area (Å²) in [6.07, 6.45) is 0. The third-order valence-electron chi connectivity index (χ3n) is 4.35. The Balaban J connectivity index is 1.64. The van der Waals surface area contributed by atoms with Crippen LogP contribution in [0.3, 0.4) is 0 Å². The Morgan fingerprint density at radius 3 is 2.55 bits per heavy atom. The standard InChI is InChI=1S/C23H21Cl2FN2O3/c1-14-4-3-5-17(8-14)28-22(29)13-31-23-19(25)9-15(10-21(23)30-2)12-27-16-6-7-20(26)18(24)11-16/h3-11,27H,12-13H2,1-2H3,(H,28,29). The number of amides is 1. The molecule has 5 nitrogen and oxygen atoms in total. The van der Waals surface area contributed by atoms with Gasteiger partial charge in [0.15, 0.2) is 18.1 Å². The number of benzene rings is 3. The molecule has 31 heavy (non-hydrogen) atoms. The van der Waals surface area contributed by atoms with Crippen molar-refractivity contribution in [3.63, 3.8) is 0 Å². The highest BCUT2D eigenvalue weighted by molar-refractivity contribution is 6.32. The highest BCUT2D eigenvalue weighted by Crippen LogP contribution is 2.36. The van der Waals surface area contributed by atoms with E-state index >= 15 is 0 Å². The first-order chi connectivity index (χ1) is 14.9. The van der Waals surface area contributed by atoms with Crippen LogP contribution in [-0.2, 0) is 11.3 Å². The molecule has 0 aliphatic carbocycles. The number of ether oxygens (including phenoxy) is 2. The van der Waals surface area contributed by atoms with Crippen LogP contribution in [0.5, 0.6) is 11.5 Å². The summed E-state index contributed by atoms with van der Waals surface area (Å²) in [7, 11) is 1.49. The van der Waals surface area contributed by atoms with Crippen LogP contribution in [0, 0.1) is 12.7 Å². The number of rotatable bonds is 8. The monoisotopic (exact) mass is 462 g/mol. The molecular weight excluding hydrogens is 442 g/mol. The second-order valence-electron chi connectivity index (χ2n) is 6.80. The van der Waals surface area contributed by atoms with E-state index in [0.29, 0.717) is 28.7 Å². The van der Waals surface area contributed by atoms with Crippen LogP contribution in [-0.4, -0.2) is 19.6 Å². The van der Waals surface area contributed by atoms with Gasteiger partial charge in [-0.1, -0.05) is 35.3 Å². The zero-order chi connectivity index (χ0) is 22.4. The fourth-order valence-corrected chi connectivity index (χ4v) is 3.35.